The van der Waals surface area contributed by atoms with Gasteiger partial charge in [0.25, 0.3) is 0 Å². The van der Waals surface area contributed by atoms with Crippen LogP contribution >= 0.6 is 11.8 Å². The van der Waals surface area contributed by atoms with E-state index in [1.807, 2.05) is 24.3 Å². The molecule has 0 bridgehead atoms. The van der Waals surface area contributed by atoms with E-state index in [1.165, 1.54) is 119 Å². The number of hydrogen-bond acceptors (Lipinski definition) is 6. The molecule has 3 aliphatic rings. The lowest BCUT2D eigenvalue weighted by atomic mass is 9.77. The fraction of sp³-hybridized carbons (Fsp3) is 0.711. The van der Waals surface area contributed by atoms with Crippen molar-refractivity contribution in [2.75, 3.05) is 11.5 Å². The lowest BCUT2D eigenvalue weighted by molar-refractivity contribution is -0.212. The Labute approximate surface area is 355 Å². The molecule has 0 saturated heterocycles. The molecule has 2 atom stereocenters. The summed E-state index contributed by atoms with van der Waals surface area (Å²) in [6, 6.07) is 15.1. The maximum absolute atomic E-state index is 13.9. The second-order valence-electron chi connectivity index (χ2n) is 15.7. The zero-order valence-electron chi connectivity index (χ0n) is 34.8. The average molecular weight is 883 g/mol. The summed E-state index contributed by atoms with van der Waals surface area (Å²) in [6.45, 7) is 12.4. The fourth-order valence-electron chi connectivity index (χ4n) is 7.33. The number of alkyl halides is 5. The maximum Gasteiger partial charge on any atom is 0.485 e. The summed E-state index contributed by atoms with van der Waals surface area (Å²) < 4.78 is 93.2. The van der Waals surface area contributed by atoms with Gasteiger partial charge >= 0.3 is 11.6 Å². The summed E-state index contributed by atoms with van der Waals surface area (Å²) in [5.41, 5.74) is -2.97. The lowest BCUT2D eigenvalue weighted by Gasteiger charge is -2.29. The normalized spacial score (nSPS) is 22.1. The molecule has 5 rings (SSSR count). The number of rotatable bonds is 12. The van der Waals surface area contributed by atoms with Crippen LogP contribution in [0.5, 0.6) is 11.5 Å². The molecule has 2 saturated carbocycles. The van der Waals surface area contributed by atoms with Crippen molar-refractivity contribution < 1.29 is 44.8 Å². The first-order valence-corrected chi connectivity index (χ1v) is 24.3. The summed E-state index contributed by atoms with van der Waals surface area (Å²) in [6.07, 6.45) is 15.8. The van der Waals surface area contributed by atoms with Crippen LogP contribution in [0.4, 0.5) is 22.0 Å². The second-order valence-corrected chi connectivity index (χ2v) is 19.6. The van der Waals surface area contributed by atoms with Gasteiger partial charge in [0.15, 0.2) is 27.2 Å². The van der Waals surface area contributed by atoms with Gasteiger partial charge in [-0.3, -0.25) is 0 Å². The SMILES string of the molecule is C.CCCC1CCC(c2ccc(O)cc2)CC1.CCCC1CCC(c2ccc(OC(F)(F)[C@@H](C)CC)cc2)CC1.CC[C@H](C)C1=[S+]CCCS1.O=S(=O)([O-])C(F)(F)F. The molecule has 1 aliphatic heterocycles. The molecule has 0 unspecified atom stereocenters. The molecule has 5 nitrogen and oxygen atoms in total. The minimum atomic E-state index is -6.09. The van der Waals surface area contributed by atoms with Crippen molar-refractivity contribution in [1.82, 2.24) is 0 Å². The fourth-order valence-corrected chi connectivity index (χ4v) is 10.2. The van der Waals surface area contributed by atoms with E-state index in [4.69, 9.17) is 17.7 Å². The molecule has 2 fully saturated rings. The van der Waals surface area contributed by atoms with E-state index in [2.05, 4.69) is 62.9 Å². The van der Waals surface area contributed by atoms with Crippen LogP contribution in [0.2, 0.25) is 0 Å². The standard InChI is InChI=1S/C20H30F2O.C15H22O.C8H15S2.CHF3O3S.CH4/c1-4-6-16-7-9-17(10-8-16)18-11-13-19(14-12-18)23-20(21,22)15(3)5-2;1-2-3-12-4-6-13(7-5-12)14-8-10-15(16)11-9-14;1-3-7(2)8-9-5-4-6-10-8;2-1(3,4)8(5,6)7;/h11-17H,4-10H2,1-3H3;8-13,16H,2-7H2,1H3;7H,3-6H2,1-2H3;(H,5,6,7);1H4/q;;+1;;/p-1/t15-,16?,17?;;7-;;/m0.0../s1. The average Bonchev–Trinajstić information content (AvgIpc) is 3.19. The van der Waals surface area contributed by atoms with Crippen LogP contribution in [-0.4, -0.2) is 45.4 Å². The molecule has 334 valence electrons. The molecule has 0 aromatic heterocycles. The van der Waals surface area contributed by atoms with Gasteiger partial charge in [0.05, 0.1) is 5.92 Å². The number of benzene rings is 2. The van der Waals surface area contributed by atoms with E-state index in [0.717, 1.165) is 23.7 Å². The third kappa shape index (κ3) is 19.6. The van der Waals surface area contributed by atoms with Gasteiger partial charge in [-0.2, -0.15) is 22.0 Å². The molecular weight excluding hydrogens is 812 g/mol. The molecular formula is C45H71F5O5S3. The Morgan fingerprint density at radius 2 is 1.21 bits per heavy atom. The van der Waals surface area contributed by atoms with Crippen LogP contribution in [0, 0.1) is 23.7 Å². The number of phenolic OH excluding ortho intramolecular Hbond substituents is 1. The third-order valence-corrected chi connectivity index (χ3v) is 15.0. The minimum absolute atomic E-state index is 0. The second kappa shape index (κ2) is 27.1. The number of aromatic hydroxyl groups is 1. The molecule has 2 aliphatic carbocycles. The molecule has 2 aromatic rings. The van der Waals surface area contributed by atoms with Gasteiger partial charge in [0.1, 0.15) is 11.5 Å². The first kappa shape index (κ1) is 54.1. The molecule has 1 N–H and O–H groups in total. The molecule has 0 radical (unpaired) electrons. The Hall–Kier alpha value is -1.96. The zero-order valence-corrected chi connectivity index (χ0v) is 37.2. The quantitative estimate of drug-likeness (QED) is 0.0751. The van der Waals surface area contributed by atoms with Crippen molar-refractivity contribution in [2.24, 2.45) is 23.7 Å². The van der Waals surface area contributed by atoms with Crippen LogP contribution in [0.3, 0.4) is 0 Å². The van der Waals surface area contributed by atoms with Gasteiger partial charge in [0.2, 0.25) is 4.20 Å². The predicted octanol–water partition coefficient (Wildman–Crippen LogP) is 14.3. The Kier molecular flexibility index (Phi) is 25.2. The first-order chi connectivity index (χ1) is 26.8. The van der Waals surface area contributed by atoms with Gasteiger partial charge < -0.3 is 14.4 Å². The van der Waals surface area contributed by atoms with Crippen molar-refractivity contribution in [3.63, 3.8) is 0 Å². The van der Waals surface area contributed by atoms with Crippen molar-refractivity contribution in [3.05, 3.63) is 59.7 Å². The van der Waals surface area contributed by atoms with Crippen LogP contribution in [0.1, 0.15) is 168 Å². The highest BCUT2D eigenvalue weighted by Gasteiger charge is 2.38. The molecule has 1 heterocycles. The Morgan fingerprint density at radius 1 is 0.776 bits per heavy atom. The summed E-state index contributed by atoms with van der Waals surface area (Å²) in [7, 11) is -6.09. The van der Waals surface area contributed by atoms with Gasteiger partial charge in [-0.25, -0.2) is 8.42 Å². The maximum atomic E-state index is 13.9. The van der Waals surface area contributed by atoms with Crippen molar-refractivity contribution in [3.8, 4) is 11.5 Å². The highest BCUT2D eigenvalue weighted by molar-refractivity contribution is 8.23. The molecule has 58 heavy (non-hydrogen) atoms. The van der Waals surface area contributed by atoms with E-state index in [0.29, 0.717) is 18.1 Å². The van der Waals surface area contributed by atoms with E-state index in [1.54, 1.807) is 23.3 Å². The Balaban J connectivity index is 0.000000417. The number of hydrogen-bond donors (Lipinski definition) is 1. The van der Waals surface area contributed by atoms with E-state index in [9.17, 15) is 27.1 Å². The zero-order chi connectivity index (χ0) is 42.6. The monoisotopic (exact) mass is 882 g/mol. The highest BCUT2D eigenvalue weighted by Crippen LogP contribution is 2.39. The topological polar surface area (TPSA) is 86.7 Å². The summed E-state index contributed by atoms with van der Waals surface area (Å²) in [5, 5.41) is 9.27. The van der Waals surface area contributed by atoms with Crippen LogP contribution in [0.25, 0.3) is 0 Å². The van der Waals surface area contributed by atoms with E-state index < -0.39 is 27.7 Å². The van der Waals surface area contributed by atoms with Crippen molar-refractivity contribution in [2.45, 2.75) is 169 Å². The summed E-state index contributed by atoms with van der Waals surface area (Å²) in [4.78, 5) is 0. The van der Waals surface area contributed by atoms with E-state index >= 15 is 0 Å². The number of phenols is 1. The molecule has 2 aromatic carbocycles. The predicted molar refractivity (Wildman–Crippen MR) is 235 cm³/mol. The van der Waals surface area contributed by atoms with Gasteiger partial charge in [-0.05, 0) is 123 Å². The van der Waals surface area contributed by atoms with Gasteiger partial charge in [-0.15, -0.1) is 0 Å². The van der Waals surface area contributed by atoms with Crippen molar-refractivity contribution in [1.29, 1.82) is 0 Å². The minimum Gasteiger partial charge on any atom is -0.741 e. The Bertz CT molecular complexity index is 1520. The number of halogens is 5. The highest BCUT2D eigenvalue weighted by atomic mass is 32.2. The van der Waals surface area contributed by atoms with Gasteiger partial charge in [0, 0.05) is 18.1 Å². The van der Waals surface area contributed by atoms with Crippen molar-refractivity contribution >= 4 is 37.4 Å². The van der Waals surface area contributed by atoms with Gasteiger partial charge in [-0.1, -0.05) is 111 Å². The molecule has 0 spiro atoms. The summed E-state index contributed by atoms with van der Waals surface area (Å²) in [5.74, 6) is 6.56. The first-order valence-electron chi connectivity index (χ1n) is 20.9. The summed E-state index contributed by atoms with van der Waals surface area (Å²) >= 11 is 4.15. The van der Waals surface area contributed by atoms with Crippen LogP contribution < -0.4 is 4.74 Å². The van der Waals surface area contributed by atoms with E-state index in [-0.39, 0.29) is 13.2 Å². The number of thioether (sulfide) groups is 1. The number of ether oxygens (including phenoxy) is 1. The van der Waals surface area contributed by atoms with Crippen LogP contribution in [0.15, 0.2) is 48.5 Å². The Morgan fingerprint density at radius 3 is 1.55 bits per heavy atom. The lowest BCUT2D eigenvalue weighted by Crippen LogP contribution is -2.32. The molecule has 13 heteroatoms. The smallest absolute Gasteiger partial charge is 0.485 e. The third-order valence-electron chi connectivity index (χ3n) is 11.3. The molecule has 0 amide bonds. The van der Waals surface area contributed by atoms with Crippen LogP contribution in [-0.2, 0) is 21.5 Å². The largest absolute Gasteiger partial charge is 0.741 e.